The highest BCUT2D eigenvalue weighted by Gasteiger charge is 2.57. The number of rotatable bonds is 3. The lowest BCUT2D eigenvalue weighted by Crippen LogP contribution is -2.69. The minimum Gasteiger partial charge on any atom is -0.394 e. The third kappa shape index (κ3) is 3.11. The monoisotopic (exact) mass is 328 g/mol. The SMILES string of the molecule is OC[C@H]1OC(O)(O[C@H]2C(O)OC[C@@H](O)[C@@H]2O)[C@H](O)[C@@H](O)[C@@H]1O. The molecule has 2 heterocycles. The Balaban J connectivity index is 2.18. The molecule has 2 rings (SSSR count). The Hall–Kier alpha value is -0.440. The number of hydrogen-bond donors (Lipinski definition) is 8. The van der Waals surface area contributed by atoms with E-state index < -0.39 is 61.6 Å². The quantitative estimate of drug-likeness (QED) is 0.231. The molecule has 0 aromatic heterocycles. The van der Waals surface area contributed by atoms with Gasteiger partial charge < -0.3 is 55.1 Å². The van der Waals surface area contributed by atoms with Crippen LogP contribution in [0.15, 0.2) is 0 Å². The largest absolute Gasteiger partial charge is 0.394 e. The van der Waals surface area contributed by atoms with Crippen LogP contribution in [-0.4, -0.2) is 109 Å². The first-order valence-corrected chi connectivity index (χ1v) is 6.60. The molecule has 9 atom stereocenters. The molecular formula is C11H20O11. The molecule has 11 heteroatoms. The van der Waals surface area contributed by atoms with Crippen molar-refractivity contribution in [1.82, 2.24) is 0 Å². The van der Waals surface area contributed by atoms with E-state index in [0.717, 1.165) is 0 Å². The van der Waals surface area contributed by atoms with Crippen LogP contribution in [0, 0.1) is 0 Å². The van der Waals surface area contributed by atoms with E-state index in [1.165, 1.54) is 0 Å². The van der Waals surface area contributed by atoms with Gasteiger partial charge in [-0.3, -0.25) is 0 Å². The first kappa shape index (κ1) is 17.9. The smallest absolute Gasteiger partial charge is 0.311 e. The van der Waals surface area contributed by atoms with E-state index >= 15 is 0 Å². The minimum absolute atomic E-state index is 0.384. The van der Waals surface area contributed by atoms with Gasteiger partial charge in [0.15, 0.2) is 12.4 Å². The highest BCUT2D eigenvalue weighted by Crippen LogP contribution is 2.32. The van der Waals surface area contributed by atoms with E-state index in [0.29, 0.717) is 0 Å². The number of aliphatic hydroxyl groups is 8. The first-order chi connectivity index (χ1) is 10.2. The lowest BCUT2D eigenvalue weighted by atomic mass is 9.97. The number of ether oxygens (including phenoxy) is 3. The van der Waals surface area contributed by atoms with Crippen molar-refractivity contribution < 1.29 is 55.1 Å². The predicted molar refractivity (Wildman–Crippen MR) is 63.8 cm³/mol. The highest BCUT2D eigenvalue weighted by atomic mass is 16.8. The molecule has 0 aromatic carbocycles. The summed E-state index contributed by atoms with van der Waals surface area (Å²) in [5.74, 6) is -2.96. The van der Waals surface area contributed by atoms with Gasteiger partial charge in [-0.05, 0) is 0 Å². The average molecular weight is 328 g/mol. The molecule has 0 amide bonds. The zero-order chi connectivity index (χ0) is 16.7. The number of hydrogen-bond acceptors (Lipinski definition) is 11. The zero-order valence-electron chi connectivity index (χ0n) is 11.3. The van der Waals surface area contributed by atoms with Gasteiger partial charge in [0, 0.05) is 0 Å². The Bertz CT molecular complexity index is 379. The van der Waals surface area contributed by atoms with E-state index in [1.807, 2.05) is 0 Å². The summed E-state index contributed by atoms with van der Waals surface area (Å²) in [5, 5.41) is 77.0. The van der Waals surface area contributed by atoms with Gasteiger partial charge in [0.2, 0.25) is 0 Å². The van der Waals surface area contributed by atoms with Crippen molar-refractivity contribution in [3.05, 3.63) is 0 Å². The van der Waals surface area contributed by atoms with Gasteiger partial charge >= 0.3 is 5.97 Å². The summed E-state index contributed by atoms with van der Waals surface area (Å²) >= 11 is 0. The molecule has 0 spiro atoms. The molecule has 0 bridgehead atoms. The van der Waals surface area contributed by atoms with E-state index in [4.69, 9.17) is 19.3 Å². The van der Waals surface area contributed by atoms with Crippen LogP contribution >= 0.6 is 0 Å². The molecule has 0 radical (unpaired) electrons. The summed E-state index contributed by atoms with van der Waals surface area (Å²) in [6, 6.07) is 0. The fourth-order valence-electron chi connectivity index (χ4n) is 2.32. The number of aliphatic hydroxyl groups excluding tert-OH is 7. The van der Waals surface area contributed by atoms with E-state index in [-0.39, 0.29) is 6.61 Å². The second-order valence-electron chi connectivity index (χ2n) is 5.26. The lowest BCUT2D eigenvalue weighted by Gasteiger charge is -2.47. The molecule has 2 fully saturated rings. The second-order valence-corrected chi connectivity index (χ2v) is 5.26. The topological polar surface area (TPSA) is 190 Å². The van der Waals surface area contributed by atoms with Gasteiger partial charge in [-0.15, -0.1) is 0 Å². The molecule has 0 saturated carbocycles. The molecular weight excluding hydrogens is 308 g/mol. The van der Waals surface area contributed by atoms with Crippen LogP contribution in [0.1, 0.15) is 0 Å². The van der Waals surface area contributed by atoms with Crippen molar-refractivity contribution in [2.45, 2.75) is 55.0 Å². The summed E-state index contributed by atoms with van der Waals surface area (Å²) in [4.78, 5) is 0. The lowest BCUT2D eigenvalue weighted by molar-refractivity contribution is -0.474. The van der Waals surface area contributed by atoms with Crippen LogP contribution in [0.4, 0.5) is 0 Å². The maximum Gasteiger partial charge on any atom is 0.311 e. The molecule has 2 saturated heterocycles. The van der Waals surface area contributed by atoms with Gasteiger partial charge in [0.25, 0.3) is 0 Å². The summed E-state index contributed by atoms with van der Waals surface area (Å²) in [6.07, 6.45) is -13.9. The van der Waals surface area contributed by atoms with E-state index in [1.54, 1.807) is 0 Å². The van der Waals surface area contributed by atoms with Crippen LogP contribution in [0.25, 0.3) is 0 Å². The Morgan fingerprint density at radius 1 is 1.00 bits per heavy atom. The average Bonchev–Trinajstić information content (AvgIpc) is 2.49. The zero-order valence-corrected chi connectivity index (χ0v) is 11.3. The standard InChI is InChI=1S/C11H20O11/c12-1-4-6(15)7(16)9(17)11(19,21-4)22-8-5(14)3(13)2-20-10(8)18/h3-10,12-19H,1-2H2/t3-,4-,5+,6-,7+,8-,9-,10?,11?/m1/s1. The van der Waals surface area contributed by atoms with E-state index in [9.17, 15) is 35.7 Å². The molecule has 2 aliphatic rings. The normalized spacial score (nSPS) is 53.5. The minimum atomic E-state index is -2.96. The maximum absolute atomic E-state index is 10.2. The third-order valence-electron chi connectivity index (χ3n) is 3.68. The van der Waals surface area contributed by atoms with Crippen LogP contribution in [0.2, 0.25) is 0 Å². The molecule has 130 valence electrons. The van der Waals surface area contributed by atoms with Crippen molar-refractivity contribution >= 4 is 0 Å². The van der Waals surface area contributed by atoms with E-state index in [2.05, 4.69) is 0 Å². The van der Waals surface area contributed by atoms with Crippen molar-refractivity contribution in [3.63, 3.8) is 0 Å². The fourth-order valence-corrected chi connectivity index (χ4v) is 2.32. The Kier molecular flexibility index (Phi) is 5.36. The van der Waals surface area contributed by atoms with Crippen LogP contribution in [-0.2, 0) is 14.2 Å². The van der Waals surface area contributed by atoms with Crippen molar-refractivity contribution in [2.24, 2.45) is 0 Å². The molecule has 0 aromatic rings. The molecule has 2 aliphatic heterocycles. The van der Waals surface area contributed by atoms with Crippen molar-refractivity contribution in [1.29, 1.82) is 0 Å². The van der Waals surface area contributed by atoms with Crippen LogP contribution < -0.4 is 0 Å². The molecule has 8 N–H and O–H groups in total. The predicted octanol–water partition coefficient (Wildman–Crippen LogP) is -5.44. The third-order valence-corrected chi connectivity index (χ3v) is 3.68. The first-order valence-electron chi connectivity index (χ1n) is 6.60. The van der Waals surface area contributed by atoms with Crippen LogP contribution in [0.5, 0.6) is 0 Å². The summed E-state index contributed by atoms with van der Waals surface area (Å²) in [7, 11) is 0. The van der Waals surface area contributed by atoms with Gasteiger partial charge in [0.1, 0.15) is 36.6 Å². The second kappa shape index (κ2) is 6.59. The van der Waals surface area contributed by atoms with Gasteiger partial charge in [-0.1, -0.05) is 0 Å². The summed E-state index contributed by atoms with van der Waals surface area (Å²) in [6.45, 7) is -1.20. The van der Waals surface area contributed by atoms with Crippen LogP contribution in [0.3, 0.4) is 0 Å². The molecule has 2 unspecified atom stereocenters. The van der Waals surface area contributed by atoms with Gasteiger partial charge in [0.05, 0.1) is 13.2 Å². The fraction of sp³-hybridized carbons (Fsp3) is 1.00. The Morgan fingerprint density at radius 3 is 2.23 bits per heavy atom. The Labute approximate surface area is 124 Å². The van der Waals surface area contributed by atoms with Gasteiger partial charge in [-0.25, -0.2) is 0 Å². The van der Waals surface area contributed by atoms with Gasteiger partial charge in [-0.2, -0.15) is 0 Å². The highest BCUT2D eigenvalue weighted by molar-refractivity contribution is 4.94. The Morgan fingerprint density at radius 2 is 1.64 bits per heavy atom. The molecule has 22 heavy (non-hydrogen) atoms. The maximum atomic E-state index is 10.2. The van der Waals surface area contributed by atoms with Crippen molar-refractivity contribution in [3.8, 4) is 0 Å². The molecule has 11 nitrogen and oxygen atoms in total. The summed E-state index contributed by atoms with van der Waals surface area (Å²) < 4.78 is 14.4. The summed E-state index contributed by atoms with van der Waals surface area (Å²) in [5.41, 5.74) is 0. The van der Waals surface area contributed by atoms with Crippen molar-refractivity contribution in [2.75, 3.05) is 13.2 Å². The molecule has 0 aliphatic carbocycles.